The van der Waals surface area contributed by atoms with Gasteiger partial charge >= 0.3 is 0 Å². The number of nitrogens with zero attached hydrogens (tertiary/aromatic N) is 1. The Bertz CT molecular complexity index is 431. The fourth-order valence-electron chi connectivity index (χ4n) is 3.09. The van der Waals surface area contributed by atoms with Gasteiger partial charge in [0.25, 0.3) is 0 Å². The van der Waals surface area contributed by atoms with E-state index in [1.807, 2.05) is 23.1 Å². The first-order chi connectivity index (χ1) is 8.77. The quantitative estimate of drug-likeness (QED) is 0.799. The predicted molar refractivity (Wildman–Crippen MR) is 69.0 cm³/mol. The molecule has 96 valence electrons. The van der Waals surface area contributed by atoms with Gasteiger partial charge in [0.15, 0.2) is 0 Å². The first-order valence-electron chi connectivity index (χ1n) is 6.70. The van der Waals surface area contributed by atoms with Gasteiger partial charge in [0, 0.05) is 13.2 Å². The van der Waals surface area contributed by atoms with Crippen molar-refractivity contribution in [3.63, 3.8) is 0 Å². The van der Waals surface area contributed by atoms with E-state index in [2.05, 4.69) is 19.1 Å². The molecule has 0 bridgehead atoms. The molecule has 2 aliphatic rings. The molecule has 3 nitrogen and oxygen atoms in total. The van der Waals surface area contributed by atoms with Gasteiger partial charge in [0.2, 0.25) is 5.91 Å². The molecular formula is C15H19NO2. The summed E-state index contributed by atoms with van der Waals surface area (Å²) in [6, 6.07) is 10.4. The molecule has 2 fully saturated rings. The summed E-state index contributed by atoms with van der Waals surface area (Å²) in [6.45, 7) is 4.43. The zero-order valence-electron chi connectivity index (χ0n) is 10.7. The Hall–Kier alpha value is -1.35. The van der Waals surface area contributed by atoms with Crippen LogP contribution in [-0.4, -0.2) is 30.6 Å². The molecule has 3 atom stereocenters. The molecule has 0 spiro atoms. The Morgan fingerprint density at radius 3 is 2.83 bits per heavy atom. The second-order valence-electron chi connectivity index (χ2n) is 5.31. The van der Waals surface area contributed by atoms with Gasteiger partial charge in [-0.05, 0) is 24.8 Å². The van der Waals surface area contributed by atoms with Gasteiger partial charge in [0.1, 0.15) is 0 Å². The third-order valence-electron chi connectivity index (χ3n) is 4.28. The number of carbonyl (C=O) groups is 1. The fourth-order valence-corrected chi connectivity index (χ4v) is 3.09. The van der Waals surface area contributed by atoms with Crippen LogP contribution in [0.1, 0.15) is 24.9 Å². The summed E-state index contributed by atoms with van der Waals surface area (Å²) in [5.74, 6) is 0.873. The van der Waals surface area contributed by atoms with Crippen molar-refractivity contribution in [3.8, 4) is 0 Å². The number of fused-ring (bicyclic) bond motifs is 1. The Labute approximate surface area is 108 Å². The van der Waals surface area contributed by atoms with Crippen molar-refractivity contribution in [2.75, 3.05) is 19.8 Å². The van der Waals surface area contributed by atoms with Crippen LogP contribution >= 0.6 is 0 Å². The van der Waals surface area contributed by atoms with E-state index in [1.165, 1.54) is 5.56 Å². The molecular weight excluding hydrogens is 226 g/mol. The second-order valence-corrected chi connectivity index (χ2v) is 5.31. The lowest BCUT2D eigenvalue weighted by Gasteiger charge is -2.25. The van der Waals surface area contributed by atoms with Crippen molar-refractivity contribution in [2.45, 2.75) is 19.4 Å². The van der Waals surface area contributed by atoms with E-state index in [9.17, 15) is 4.79 Å². The van der Waals surface area contributed by atoms with Crippen molar-refractivity contribution < 1.29 is 9.53 Å². The zero-order chi connectivity index (χ0) is 12.5. The van der Waals surface area contributed by atoms with Gasteiger partial charge in [-0.2, -0.15) is 0 Å². The van der Waals surface area contributed by atoms with Crippen LogP contribution in [0.4, 0.5) is 0 Å². The lowest BCUT2D eigenvalue weighted by Crippen LogP contribution is -2.32. The van der Waals surface area contributed by atoms with E-state index < -0.39 is 0 Å². The summed E-state index contributed by atoms with van der Waals surface area (Å²) in [7, 11) is 0. The highest BCUT2D eigenvalue weighted by molar-refractivity contribution is 5.82. The summed E-state index contributed by atoms with van der Waals surface area (Å²) < 4.78 is 5.44. The second kappa shape index (κ2) is 4.73. The maximum Gasteiger partial charge on any atom is 0.228 e. The van der Waals surface area contributed by atoms with E-state index in [0.717, 1.165) is 19.6 Å². The third kappa shape index (κ3) is 1.93. The topological polar surface area (TPSA) is 29.5 Å². The van der Waals surface area contributed by atoms with Gasteiger partial charge in [-0.1, -0.05) is 30.3 Å². The van der Waals surface area contributed by atoms with E-state index in [1.54, 1.807) is 0 Å². The molecule has 1 aromatic rings. The molecule has 18 heavy (non-hydrogen) atoms. The molecule has 1 aromatic carbocycles. The van der Waals surface area contributed by atoms with Crippen molar-refractivity contribution in [3.05, 3.63) is 35.9 Å². The van der Waals surface area contributed by atoms with Crippen molar-refractivity contribution in [1.82, 2.24) is 4.90 Å². The highest BCUT2D eigenvalue weighted by atomic mass is 16.5. The van der Waals surface area contributed by atoms with E-state index in [-0.39, 0.29) is 17.9 Å². The van der Waals surface area contributed by atoms with Crippen molar-refractivity contribution in [2.24, 2.45) is 11.8 Å². The Kier molecular flexibility index (Phi) is 3.08. The molecule has 0 N–H and O–H groups in total. The maximum atomic E-state index is 12.4. The molecule has 2 saturated heterocycles. The minimum atomic E-state index is 0.102. The molecule has 0 aromatic heterocycles. The molecule has 1 amide bonds. The number of rotatable bonds is 2. The predicted octanol–water partition coefficient (Wildman–Crippen LogP) is 2.24. The number of benzene rings is 1. The van der Waals surface area contributed by atoms with E-state index in [4.69, 9.17) is 4.74 Å². The van der Waals surface area contributed by atoms with Gasteiger partial charge in [-0.25, -0.2) is 0 Å². The lowest BCUT2D eigenvalue weighted by atomic mass is 9.92. The number of amides is 1. The van der Waals surface area contributed by atoms with Gasteiger partial charge in [-0.15, -0.1) is 0 Å². The Morgan fingerprint density at radius 1 is 1.33 bits per heavy atom. The fraction of sp³-hybridized carbons (Fsp3) is 0.533. The van der Waals surface area contributed by atoms with Crippen LogP contribution in [0.3, 0.4) is 0 Å². The van der Waals surface area contributed by atoms with Crippen LogP contribution < -0.4 is 0 Å². The number of likely N-dealkylation sites (tertiary alicyclic amines) is 1. The first kappa shape index (κ1) is 11.7. The van der Waals surface area contributed by atoms with E-state index in [0.29, 0.717) is 12.5 Å². The minimum Gasteiger partial charge on any atom is -0.381 e. The largest absolute Gasteiger partial charge is 0.381 e. The standard InChI is InChI=1S/C15H19NO2/c1-11(12-5-3-2-4-6-12)16-9-13-7-8-18-10-14(13)15(16)17/h2-6,11,13-14H,7-10H2,1H3. The molecule has 0 saturated carbocycles. The van der Waals surface area contributed by atoms with Crippen LogP contribution in [0.15, 0.2) is 30.3 Å². The molecule has 0 radical (unpaired) electrons. The number of carbonyl (C=O) groups excluding carboxylic acids is 1. The summed E-state index contributed by atoms with van der Waals surface area (Å²) >= 11 is 0. The molecule has 0 aliphatic carbocycles. The smallest absolute Gasteiger partial charge is 0.228 e. The lowest BCUT2D eigenvalue weighted by molar-refractivity contribution is -0.135. The monoisotopic (exact) mass is 245 g/mol. The highest BCUT2D eigenvalue weighted by Crippen LogP contribution is 2.35. The average molecular weight is 245 g/mol. The summed E-state index contributed by atoms with van der Waals surface area (Å²) in [5.41, 5.74) is 1.21. The van der Waals surface area contributed by atoms with Gasteiger partial charge in [-0.3, -0.25) is 4.79 Å². The van der Waals surface area contributed by atoms with Gasteiger partial charge in [0.05, 0.1) is 18.6 Å². The summed E-state index contributed by atoms with van der Waals surface area (Å²) in [4.78, 5) is 14.4. The molecule has 3 rings (SSSR count). The molecule has 2 heterocycles. The molecule has 3 heteroatoms. The number of ether oxygens (including phenoxy) is 1. The van der Waals surface area contributed by atoms with E-state index >= 15 is 0 Å². The van der Waals surface area contributed by atoms with Gasteiger partial charge < -0.3 is 9.64 Å². The van der Waals surface area contributed by atoms with Crippen LogP contribution in [0.25, 0.3) is 0 Å². The van der Waals surface area contributed by atoms with Crippen LogP contribution in [0, 0.1) is 11.8 Å². The van der Waals surface area contributed by atoms with Crippen molar-refractivity contribution in [1.29, 1.82) is 0 Å². The zero-order valence-corrected chi connectivity index (χ0v) is 10.7. The molecule has 2 aliphatic heterocycles. The Balaban J connectivity index is 1.79. The normalized spacial score (nSPS) is 29.2. The van der Waals surface area contributed by atoms with Crippen molar-refractivity contribution >= 4 is 5.91 Å². The van der Waals surface area contributed by atoms with Crippen LogP contribution in [-0.2, 0) is 9.53 Å². The third-order valence-corrected chi connectivity index (χ3v) is 4.28. The van der Waals surface area contributed by atoms with Crippen LogP contribution in [0.5, 0.6) is 0 Å². The van der Waals surface area contributed by atoms with Crippen LogP contribution in [0.2, 0.25) is 0 Å². The average Bonchev–Trinajstić information content (AvgIpc) is 2.77. The summed E-state index contributed by atoms with van der Waals surface area (Å²) in [6.07, 6.45) is 1.02. The maximum absolute atomic E-state index is 12.4. The number of hydrogen-bond donors (Lipinski definition) is 0. The highest BCUT2D eigenvalue weighted by Gasteiger charge is 2.43. The molecule has 3 unspecified atom stereocenters. The first-order valence-corrected chi connectivity index (χ1v) is 6.70. The minimum absolute atomic E-state index is 0.102. The number of hydrogen-bond acceptors (Lipinski definition) is 2. The summed E-state index contributed by atoms with van der Waals surface area (Å²) in [5, 5.41) is 0. The SMILES string of the molecule is CC(c1ccccc1)N1CC2CCOCC2C1=O. The Morgan fingerprint density at radius 2 is 2.11 bits per heavy atom.